The Morgan fingerprint density at radius 3 is 2.27 bits per heavy atom. The minimum absolute atomic E-state index is 0. The Morgan fingerprint density at radius 2 is 1.91 bits per heavy atom. The van der Waals surface area contributed by atoms with E-state index in [2.05, 4.69) is 0 Å². The molecule has 0 aliphatic heterocycles. The van der Waals surface area contributed by atoms with E-state index in [-0.39, 0.29) is 57.1 Å². The van der Waals surface area contributed by atoms with Crippen LogP contribution in [-0.2, 0) is 10.1 Å². The van der Waals surface area contributed by atoms with Crippen molar-refractivity contribution in [2.24, 2.45) is 0 Å². The summed E-state index contributed by atoms with van der Waals surface area (Å²) in [4.78, 5) is 0. The fourth-order valence-corrected chi connectivity index (χ4v) is 1.58. The van der Waals surface area contributed by atoms with Gasteiger partial charge in [0.25, 0.3) is 0 Å². The third kappa shape index (κ3) is 14.7. The first-order chi connectivity index (χ1) is 4.56. The molecule has 0 spiro atoms. The van der Waals surface area contributed by atoms with Gasteiger partial charge in [-0.05, 0) is 24.9 Å². The zero-order valence-electron chi connectivity index (χ0n) is 6.87. The van der Waals surface area contributed by atoms with E-state index in [0.29, 0.717) is 6.42 Å². The SMILES string of the molecule is CSCCCCS(=O)(=O)[O-].[K+]. The molecule has 0 aromatic heterocycles. The molecule has 0 rings (SSSR count). The van der Waals surface area contributed by atoms with E-state index in [1.165, 1.54) is 0 Å². The van der Waals surface area contributed by atoms with E-state index in [9.17, 15) is 13.0 Å². The van der Waals surface area contributed by atoms with Crippen molar-refractivity contribution in [2.45, 2.75) is 12.8 Å². The van der Waals surface area contributed by atoms with Crippen LogP contribution < -0.4 is 51.4 Å². The summed E-state index contributed by atoms with van der Waals surface area (Å²) < 4.78 is 30.1. The van der Waals surface area contributed by atoms with Gasteiger partial charge in [-0.1, -0.05) is 0 Å². The number of rotatable bonds is 5. The molecule has 0 saturated heterocycles. The van der Waals surface area contributed by atoms with Crippen molar-refractivity contribution in [3.05, 3.63) is 0 Å². The number of unbranched alkanes of at least 4 members (excludes halogenated alkanes) is 1. The molecule has 0 saturated carbocycles. The maximum atomic E-state index is 10.0. The Bertz CT molecular complexity index is 167. The fraction of sp³-hybridized carbons (Fsp3) is 1.00. The van der Waals surface area contributed by atoms with Crippen molar-refractivity contribution in [1.29, 1.82) is 0 Å². The van der Waals surface area contributed by atoms with Crippen molar-refractivity contribution in [2.75, 3.05) is 17.8 Å². The summed E-state index contributed by atoms with van der Waals surface area (Å²) in [5.41, 5.74) is 0. The molecule has 62 valence electrons. The molecule has 0 N–H and O–H groups in total. The third-order valence-electron chi connectivity index (χ3n) is 0.993. The number of hydrogen-bond donors (Lipinski definition) is 0. The van der Waals surface area contributed by atoms with Crippen LogP contribution in [0.3, 0.4) is 0 Å². The Kier molecular flexibility index (Phi) is 11.9. The summed E-state index contributed by atoms with van der Waals surface area (Å²) in [6.45, 7) is 0. The zero-order valence-corrected chi connectivity index (χ0v) is 11.6. The fourth-order valence-electron chi connectivity index (χ4n) is 0.525. The van der Waals surface area contributed by atoms with Crippen molar-refractivity contribution >= 4 is 21.9 Å². The Morgan fingerprint density at radius 1 is 1.36 bits per heavy atom. The van der Waals surface area contributed by atoms with Crippen LogP contribution in [0.15, 0.2) is 0 Å². The third-order valence-corrected chi connectivity index (χ3v) is 2.48. The molecule has 0 amide bonds. The van der Waals surface area contributed by atoms with Crippen molar-refractivity contribution in [3.63, 3.8) is 0 Å². The second kappa shape index (κ2) is 8.49. The van der Waals surface area contributed by atoms with E-state index >= 15 is 0 Å². The van der Waals surface area contributed by atoms with Crippen molar-refractivity contribution in [3.8, 4) is 0 Å². The second-order valence-corrected chi connectivity index (χ2v) is 4.47. The molecule has 0 heterocycles. The minimum atomic E-state index is -3.96. The molecule has 0 bridgehead atoms. The Labute approximate surface area is 115 Å². The average molecular weight is 222 g/mol. The standard InChI is InChI=1S/C5H12O3S2.K/c1-9-4-2-3-5-10(6,7)8;/h2-5H2,1H3,(H,6,7,8);/q;+1/p-1. The van der Waals surface area contributed by atoms with Gasteiger partial charge in [0.1, 0.15) is 0 Å². The van der Waals surface area contributed by atoms with Gasteiger partial charge in [-0.2, -0.15) is 11.8 Å². The van der Waals surface area contributed by atoms with Crippen LogP contribution in [0.1, 0.15) is 12.8 Å². The molecular weight excluding hydrogens is 211 g/mol. The van der Waals surface area contributed by atoms with Gasteiger partial charge in [-0.3, -0.25) is 0 Å². The molecule has 0 fully saturated rings. The largest absolute Gasteiger partial charge is 1.00 e. The van der Waals surface area contributed by atoms with Gasteiger partial charge in [0.05, 0.1) is 10.1 Å². The zero-order chi connectivity index (χ0) is 8.04. The molecule has 0 aromatic carbocycles. The molecule has 0 aromatic rings. The topological polar surface area (TPSA) is 57.2 Å². The molecule has 0 aliphatic carbocycles. The Balaban J connectivity index is 0. The molecular formula is C5H11KO3S2. The van der Waals surface area contributed by atoms with Gasteiger partial charge in [0.2, 0.25) is 0 Å². The first-order valence-electron chi connectivity index (χ1n) is 2.99. The smallest absolute Gasteiger partial charge is 0.748 e. The summed E-state index contributed by atoms with van der Waals surface area (Å²) >= 11 is 1.66. The van der Waals surface area contributed by atoms with Gasteiger partial charge >= 0.3 is 51.4 Å². The predicted octanol–water partition coefficient (Wildman–Crippen LogP) is -2.32. The van der Waals surface area contributed by atoms with Gasteiger partial charge in [-0.15, -0.1) is 0 Å². The Hall–Kier alpha value is 1.90. The summed E-state index contributed by atoms with van der Waals surface area (Å²) in [6.07, 6.45) is 3.25. The van der Waals surface area contributed by atoms with Crippen LogP contribution in [0.4, 0.5) is 0 Å². The van der Waals surface area contributed by atoms with E-state index in [0.717, 1.165) is 12.2 Å². The summed E-state index contributed by atoms with van der Waals surface area (Å²) in [5.74, 6) is 0.711. The van der Waals surface area contributed by atoms with E-state index in [4.69, 9.17) is 0 Å². The van der Waals surface area contributed by atoms with E-state index < -0.39 is 10.1 Å². The molecule has 0 atom stereocenters. The van der Waals surface area contributed by atoms with Crippen LogP contribution >= 0.6 is 11.8 Å². The maximum Gasteiger partial charge on any atom is 1.00 e. The maximum absolute atomic E-state index is 10.0. The van der Waals surface area contributed by atoms with E-state index in [1.54, 1.807) is 11.8 Å². The van der Waals surface area contributed by atoms with Crippen LogP contribution in [0, 0.1) is 0 Å². The first kappa shape index (κ1) is 15.4. The summed E-state index contributed by atoms with van der Waals surface area (Å²) in [6, 6.07) is 0. The molecule has 0 aliphatic rings. The van der Waals surface area contributed by atoms with Gasteiger partial charge in [0.15, 0.2) is 0 Å². The quantitative estimate of drug-likeness (QED) is 0.298. The average Bonchev–Trinajstić information content (AvgIpc) is 1.78. The van der Waals surface area contributed by atoms with Gasteiger partial charge < -0.3 is 4.55 Å². The molecule has 3 nitrogen and oxygen atoms in total. The first-order valence-corrected chi connectivity index (χ1v) is 5.96. The van der Waals surface area contributed by atoms with E-state index in [1.807, 2.05) is 6.26 Å². The number of hydrogen-bond acceptors (Lipinski definition) is 4. The molecule has 0 radical (unpaired) electrons. The van der Waals surface area contributed by atoms with Crippen LogP contribution in [-0.4, -0.2) is 30.7 Å². The summed E-state index contributed by atoms with van der Waals surface area (Å²) in [7, 11) is -3.96. The molecule has 6 heteroatoms. The van der Waals surface area contributed by atoms with Crippen molar-refractivity contribution < 1.29 is 64.4 Å². The van der Waals surface area contributed by atoms with Crippen molar-refractivity contribution in [1.82, 2.24) is 0 Å². The number of thioether (sulfide) groups is 1. The van der Waals surface area contributed by atoms with Gasteiger partial charge in [-0.25, -0.2) is 8.42 Å². The monoisotopic (exact) mass is 222 g/mol. The second-order valence-electron chi connectivity index (χ2n) is 1.96. The van der Waals surface area contributed by atoms with Crippen LogP contribution in [0.5, 0.6) is 0 Å². The van der Waals surface area contributed by atoms with Crippen LogP contribution in [0.25, 0.3) is 0 Å². The predicted molar refractivity (Wildman–Crippen MR) is 42.2 cm³/mol. The van der Waals surface area contributed by atoms with Gasteiger partial charge in [0, 0.05) is 5.75 Å². The van der Waals surface area contributed by atoms with Crippen LogP contribution in [0.2, 0.25) is 0 Å². The normalized spacial score (nSPS) is 10.7. The molecule has 0 unspecified atom stereocenters. The minimum Gasteiger partial charge on any atom is -0.748 e. The molecule has 11 heavy (non-hydrogen) atoms. The summed E-state index contributed by atoms with van der Waals surface area (Å²) in [5, 5.41) is 0.